The predicted molar refractivity (Wildman–Crippen MR) is 119 cm³/mol. The number of aromatic hydroxyl groups is 1. The maximum Gasteiger partial charge on any atom is 0.328 e. The molecular formula is C23H25FN2O6. The van der Waals surface area contributed by atoms with Crippen molar-refractivity contribution in [3.63, 3.8) is 0 Å². The zero-order valence-electron chi connectivity index (χ0n) is 17.7. The van der Waals surface area contributed by atoms with E-state index in [-0.39, 0.29) is 11.6 Å². The molecule has 32 heavy (non-hydrogen) atoms. The normalized spacial score (nSPS) is 11.4. The summed E-state index contributed by atoms with van der Waals surface area (Å²) in [6, 6.07) is 13.1. The van der Waals surface area contributed by atoms with E-state index in [0.29, 0.717) is 30.0 Å². The number of oxime groups is 1. The Hall–Kier alpha value is -3.98. The number of phenolic OH excluding ortho intramolecular Hbond substituents is 1. The smallest absolute Gasteiger partial charge is 0.328 e. The van der Waals surface area contributed by atoms with Crippen molar-refractivity contribution in [3.05, 3.63) is 83.7 Å². The summed E-state index contributed by atoms with van der Waals surface area (Å²) in [7, 11) is 3.88. The van der Waals surface area contributed by atoms with Crippen LogP contribution < -0.4 is 0 Å². The molecule has 0 aliphatic heterocycles. The number of likely N-dealkylation sites (N-methyl/N-ethyl adjacent to an activating group) is 1. The van der Waals surface area contributed by atoms with E-state index in [2.05, 4.69) is 5.16 Å². The third kappa shape index (κ3) is 11.3. The molecule has 0 bridgehead atoms. The van der Waals surface area contributed by atoms with Crippen molar-refractivity contribution in [2.45, 2.75) is 0 Å². The van der Waals surface area contributed by atoms with Crippen LogP contribution in [0.5, 0.6) is 5.75 Å². The van der Waals surface area contributed by atoms with Crippen molar-refractivity contribution in [1.29, 1.82) is 0 Å². The Kier molecular flexibility index (Phi) is 11.5. The van der Waals surface area contributed by atoms with E-state index in [4.69, 9.17) is 15.1 Å². The molecule has 0 aliphatic rings. The Balaban J connectivity index is 0.000000547. The molecule has 0 aliphatic carbocycles. The molecule has 2 aromatic carbocycles. The van der Waals surface area contributed by atoms with Crippen LogP contribution in [0, 0.1) is 5.82 Å². The van der Waals surface area contributed by atoms with Crippen molar-refractivity contribution < 1.29 is 34.1 Å². The molecule has 0 aromatic heterocycles. The van der Waals surface area contributed by atoms with Crippen LogP contribution in [0.2, 0.25) is 0 Å². The van der Waals surface area contributed by atoms with Gasteiger partial charge in [-0.25, -0.2) is 14.0 Å². The molecular weight excluding hydrogens is 419 g/mol. The van der Waals surface area contributed by atoms with Crippen molar-refractivity contribution in [1.82, 2.24) is 4.90 Å². The summed E-state index contributed by atoms with van der Waals surface area (Å²) in [6.45, 7) is 1.13. The van der Waals surface area contributed by atoms with E-state index in [1.807, 2.05) is 19.0 Å². The first-order valence-corrected chi connectivity index (χ1v) is 9.39. The third-order valence-electron chi connectivity index (χ3n) is 3.64. The molecule has 170 valence electrons. The second-order valence-electron chi connectivity index (χ2n) is 6.53. The molecule has 9 heteroatoms. The number of carbonyl (C=O) groups is 2. The summed E-state index contributed by atoms with van der Waals surface area (Å²) in [5, 5.41) is 29.0. The standard InChI is InChI=1S/C19H21FN2O2.C4H4O4/c1-22(2)13-14-24-21-19(17-5-3-4-6-18(17)20)12-9-15-7-10-16(23)11-8-15;5-3(6)1-2-4(7)8/h3-12,23H,13-14H2,1-2H3;1-2H,(H,5,6)(H,7,8)/b12-9+,21-19-;2-1+. The molecule has 0 heterocycles. The number of hydrogen-bond donors (Lipinski definition) is 3. The van der Waals surface area contributed by atoms with Crippen molar-refractivity contribution >= 4 is 23.7 Å². The quantitative estimate of drug-likeness (QED) is 0.235. The van der Waals surface area contributed by atoms with Gasteiger partial charge in [0.25, 0.3) is 0 Å². The van der Waals surface area contributed by atoms with E-state index in [1.165, 1.54) is 6.07 Å². The first-order valence-electron chi connectivity index (χ1n) is 9.39. The van der Waals surface area contributed by atoms with Crippen LogP contribution in [0.4, 0.5) is 4.39 Å². The van der Waals surface area contributed by atoms with Gasteiger partial charge in [-0.2, -0.15) is 0 Å². The van der Waals surface area contributed by atoms with Crippen molar-refractivity contribution in [2.24, 2.45) is 5.16 Å². The molecule has 0 unspecified atom stereocenters. The lowest BCUT2D eigenvalue weighted by atomic mass is 10.1. The number of carboxylic acid groups (broad SMARTS) is 2. The molecule has 0 radical (unpaired) electrons. The van der Waals surface area contributed by atoms with Gasteiger partial charge in [0.1, 0.15) is 23.9 Å². The van der Waals surface area contributed by atoms with Crippen LogP contribution >= 0.6 is 0 Å². The number of rotatable bonds is 9. The minimum Gasteiger partial charge on any atom is -0.508 e. The number of aliphatic carboxylic acids is 2. The van der Waals surface area contributed by atoms with E-state index < -0.39 is 11.9 Å². The highest BCUT2D eigenvalue weighted by molar-refractivity contribution is 6.10. The highest BCUT2D eigenvalue weighted by Crippen LogP contribution is 2.13. The summed E-state index contributed by atoms with van der Waals surface area (Å²) in [5.41, 5.74) is 1.64. The highest BCUT2D eigenvalue weighted by Gasteiger charge is 2.07. The monoisotopic (exact) mass is 444 g/mol. The average molecular weight is 444 g/mol. The fourth-order valence-corrected chi connectivity index (χ4v) is 2.08. The number of carboxylic acids is 2. The summed E-state index contributed by atoms with van der Waals surface area (Å²) in [6.07, 6.45) is 4.60. The predicted octanol–water partition coefficient (Wildman–Crippen LogP) is 3.24. The molecule has 3 N–H and O–H groups in total. The Bertz CT molecular complexity index is 953. The van der Waals surface area contributed by atoms with Crippen LogP contribution in [0.3, 0.4) is 0 Å². The Labute approximate surface area is 185 Å². The van der Waals surface area contributed by atoms with Gasteiger partial charge in [-0.15, -0.1) is 0 Å². The molecule has 0 amide bonds. The molecule has 2 rings (SSSR count). The number of allylic oxidation sites excluding steroid dienone is 1. The van der Waals surface area contributed by atoms with Gasteiger partial charge in [-0.1, -0.05) is 35.5 Å². The number of benzene rings is 2. The lowest BCUT2D eigenvalue weighted by Crippen LogP contribution is -2.17. The second kappa shape index (κ2) is 14.1. The van der Waals surface area contributed by atoms with Gasteiger partial charge in [0.15, 0.2) is 0 Å². The topological polar surface area (TPSA) is 120 Å². The summed E-state index contributed by atoms with van der Waals surface area (Å²) in [4.78, 5) is 26.4. The molecule has 2 aromatic rings. The SMILES string of the molecule is CN(C)CCO/N=C(/C=C/c1ccc(O)cc1)c1ccccc1F.O=C(O)/C=C/C(=O)O. The van der Waals surface area contributed by atoms with Gasteiger partial charge in [0, 0.05) is 24.3 Å². The van der Waals surface area contributed by atoms with Crippen LogP contribution in [-0.2, 0) is 14.4 Å². The highest BCUT2D eigenvalue weighted by atomic mass is 19.1. The van der Waals surface area contributed by atoms with Gasteiger partial charge >= 0.3 is 11.9 Å². The van der Waals surface area contributed by atoms with Crippen molar-refractivity contribution in [3.8, 4) is 5.75 Å². The van der Waals surface area contributed by atoms with E-state index in [0.717, 1.165) is 12.1 Å². The minimum atomic E-state index is -1.26. The summed E-state index contributed by atoms with van der Waals surface area (Å²) >= 11 is 0. The Morgan fingerprint density at radius 1 is 1.00 bits per heavy atom. The maximum absolute atomic E-state index is 14.0. The molecule has 0 saturated heterocycles. The first kappa shape index (κ1) is 26.1. The van der Waals surface area contributed by atoms with Gasteiger partial charge in [0.2, 0.25) is 0 Å². The summed E-state index contributed by atoms with van der Waals surface area (Å²) in [5.74, 6) is -2.68. The fraction of sp³-hybridized carbons (Fsp3) is 0.174. The molecule has 0 spiro atoms. The van der Waals surface area contributed by atoms with E-state index in [1.54, 1.807) is 54.6 Å². The molecule has 8 nitrogen and oxygen atoms in total. The molecule has 0 atom stereocenters. The zero-order chi connectivity index (χ0) is 23.9. The van der Waals surface area contributed by atoms with E-state index >= 15 is 0 Å². The first-order chi connectivity index (χ1) is 15.2. The Morgan fingerprint density at radius 3 is 2.12 bits per heavy atom. The largest absolute Gasteiger partial charge is 0.508 e. The van der Waals surface area contributed by atoms with Crippen LogP contribution in [0.25, 0.3) is 6.08 Å². The fourth-order valence-electron chi connectivity index (χ4n) is 2.08. The number of halogens is 1. The second-order valence-corrected chi connectivity index (χ2v) is 6.53. The molecule has 0 fully saturated rings. The van der Waals surface area contributed by atoms with Crippen LogP contribution in [-0.4, -0.2) is 65.1 Å². The Morgan fingerprint density at radius 2 is 1.59 bits per heavy atom. The van der Waals surface area contributed by atoms with Gasteiger partial charge < -0.3 is 25.1 Å². The zero-order valence-corrected chi connectivity index (χ0v) is 17.7. The average Bonchev–Trinajstić information content (AvgIpc) is 2.74. The summed E-state index contributed by atoms with van der Waals surface area (Å²) < 4.78 is 14.0. The maximum atomic E-state index is 14.0. The lowest BCUT2D eigenvalue weighted by Gasteiger charge is -2.08. The molecule has 0 saturated carbocycles. The lowest BCUT2D eigenvalue weighted by molar-refractivity contribution is -0.134. The van der Waals surface area contributed by atoms with Crippen molar-refractivity contribution in [2.75, 3.05) is 27.2 Å². The van der Waals surface area contributed by atoms with Gasteiger partial charge in [0.05, 0.1) is 0 Å². The van der Waals surface area contributed by atoms with Gasteiger partial charge in [-0.05, 0) is 50.0 Å². The van der Waals surface area contributed by atoms with Crippen LogP contribution in [0.15, 0.2) is 71.9 Å². The third-order valence-corrected chi connectivity index (χ3v) is 3.64. The number of nitrogens with zero attached hydrogens (tertiary/aromatic N) is 2. The number of hydrogen-bond acceptors (Lipinski definition) is 6. The van der Waals surface area contributed by atoms with Gasteiger partial charge in [-0.3, -0.25) is 0 Å². The van der Waals surface area contributed by atoms with Crippen LogP contribution in [0.1, 0.15) is 11.1 Å². The minimum absolute atomic E-state index is 0.196. The number of phenols is 1. The van der Waals surface area contributed by atoms with E-state index in [9.17, 15) is 19.1 Å².